The van der Waals surface area contributed by atoms with Gasteiger partial charge in [0.2, 0.25) is 11.6 Å². The highest BCUT2D eigenvalue weighted by atomic mass is 19.1. The predicted molar refractivity (Wildman–Crippen MR) is 122 cm³/mol. The first-order valence-corrected chi connectivity index (χ1v) is 10.4. The molecule has 12 nitrogen and oxygen atoms in total. The molecular weight excluding hydrogens is 459 g/mol. The number of nitrogens with two attached hydrogens (primary N) is 1. The Balaban J connectivity index is 1.42. The number of nitrogens with one attached hydrogen (secondary N) is 1. The maximum absolute atomic E-state index is 13.1. The summed E-state index contributed by atoms with van der Waals surface area (Å²) >= 11 is 0. The first-order valence-electron chi connectivity index (χ1n) is 10.4. The zero-order valence-electron chi connectivity index (χ0n) is 18.8. The van der Waals surface area contributed by atoms with Gasteiger partial charge in [-0.2, -0.15) is 9.78 Å². The molecule has 3 N–H and O–H groups in total. The third-order valence-electron chi connectivity index (χ3n) is 4.88. The lowest BCUT2D eigenvalue weighted by Gasteiger charge is -2.11. The van der Waals surface area contributed by atoms with E-state index in [4.69, 9.17) is 15.2 Å². The highest BCUT2D eigenvalue weighted by Gasteiger charge is 2.22. The SMILES string of the molecule is CCc1c(C(=O)N/N=C/c2ccc(OCc3ccc(F)cc3)c(OC)c2)nnn1-c1nonc1N. The normalized spacial score (nSPS) is 11.1. The van der Waals surface area contributed by atoms with Crippen molar-refractivity contribution in [2.75, 3.05) is 12.8 Å². The quantitative estimate of drug-likeness (QED) is 0.271. The molecular formula is C22H21FN8O4. The second kappa shape index (κ2) is 10.4. The summed E-state index contributed by atoms with van der Waals surface area (Å²) in [7, 11) is 1.51. The number of carbonyl (C=O) groups excluding carboxylic acids is 1. The zero-order valence-corrected chi connectivity index (χ0v) is 18.8. The van der Waals surface area contributed by atoms with E-state index in [0.29, 0.717) is 29.2 Å². The number of carbonyl (C=O) groups is 1. The maximum Gasteiger partial charge on any atom is 0.293 e. The van der Waals surface area contributed by atoms with Crippen molar-refractivity contribution in [3.05, 3.63) is 70.8 Å². The van der Waals surface area contributed by atoms with Gasteiger partial charge in [0, 0.05) is 0 Å². The number of hydrazone groups is 1. The van der Waals surface area contributed by atoms with Crippen molar-refractivity contribution in [1.29, 1.82) is 0 Å². The van der Waals surface area contributed by atoms with Gasteiger partial charge in [-0.3, -0.25) is 4.79 Å². The summed E-state index contributed by atoms with van der Waals surface area (Å²) in [5, 5.41) is 19.0. The van der Waals surface area contributed by atoms with Crippen LogP contribution in [0, 0.1) is 5.82 Å². The molecule has 4 aromatic rings. The highest BCUT2D eigenvalue weighted by Crippen LogP contribution is 2.28. The van der Waals surface area contributed by atoms with Crippen LogP contribution in [0.2, 0.25) is 0 Å². The molecule has 13 heteroatoms. The number of anilines is 1. The Morgan fingerprint density at radius 1 is 1.23 bits per heavy atom. The molecule has 0 radical (unpaired) electrons. The fraction of sp³-hybridized carbons (Fsp3) is 0.182. The fourth-order valence-electron chi connectivity index (χ4n) is 3.15. The van der Waals surface area contributed by atoms with Crippen LogP contribution in [-0.2, 0) is 13.0 Å². The second-order valence-corrected chi connectivity index (χ2v) is 7.15. The molecule has 0 bridgehead atoms. The fourth-order valence-corrected chi connectivity index (χ4v) is 3.15. The highest BCUT2D eigenvalue weighted by molar-refractivity contribution is 5.94. The van der Waals surface area contributed by atoms with E-state index >= 15 is 0 Å². The minimum Gasteiger partial charge on any atom is -0.493 e. The molecule has 35 heavy (non-hydrogen) atoms. The lowest BCUT2D eigenvalue weighted by molar-refractivity contribution is 0.0949. The lowest BCUT2D eigenvalue weighted by atomic mass is 10.2. The number of benzene rings is 2. The van der Waals surface area contributed by atoms with Gasteiger partial charge in [0.25, 0.3) is 5.91 Å². The lowest BCUT2D eigenvalue weighted by Crippen LogP contribution is -2.20. The van der Waals surface area contributed by atoms with Gasteiger partial charge >= 0.3 is 0 Å². The average Bonchev–Trinajstić information content (AvgIpc) is 3.49. The molecule has 0 fully saturated rings. The first kappa shape index (κ1) is 23.4. The average molecular weight is 480 g/mol. The Morgan fingerprint density at radius 3 is 2.71 bits per heavy atom. The van der Waals surface area contributed by atoms with E-state index in [1.807, 2.05) is 6.92 Å². The molecule has 180 valence electrons. The number of nitrogens with zero attached hydrogens (tertiary/aromatic N) is 6. The van der Waals surface area contributed by atoms with Crippen LogP contribution in [-0.4, -0.2) is 44.5 Å². The molecule has 0 aliphatic rings. The number of nitrogen functional groups attached to an aromatic ring is 1. The van der Waals surface area contributed by atoms with Crippen LogP contribution in [0.5, 0.6) is 11.5 Å². The summed E-state index contributed by atoms with van der Waals surface area (Å²) in [5.41, 5.74) is 10.1. The van der Waals surface area contributed by atoms with E-state index in [1.165, 1.54) is 30.1 Å². The van der Waals surface area contributed by atoms with Gasteiger partial charge < -0.3 is 15.2 Å². The molecule has 0 aliphatic heterocycles. The molecule has 0 saturated carbocycles. The number of ether oxygens (including phenoxy) is 2. The maximum atomic E-state index is 13.1. The Kier molecular flexibility index (Phi) is 6.95. The Bertz CT molecular complexity index is 1350. The number of aromatic nitrogens is 5. The number of methoxy groups -OCH3 is 1. The molecule has 1 amide bonds. The number of hydrogen-bond acceptors (Lipinski definition) is 10. The van der Waals surface area contributed by atoms with Crippen LogP contribution in [0.3, 0.4) is 0 Å². The molecule has 0 spiro atoms. The Labute approximate surface area is 198 Å². The molecule has 2 aromatic carbocycles. The van der Waals surface area contributed by atoms with Crippen molar-refractivity contribution in [2.24, 2.45) is 5.10 Å². The minimum absolute atomic E-state index is 0.0219. The third-order valence-corrected chi connectivity index (χ3v) is 4.88. The van der Waals surface area contributed by atoms with Gasteiger partial charge in [0.15, 0.2) is 17.2 Å². The smallest absolute Gasteiger partial charge is 0.293 e. The van der Waals surface area contributed by atoms with Gasteiger partial charge in [0.05, 0.1) is 19.0 Å². The van der Waals surface area contributed by atoms with Crippen molar-refractivity contribution in [2.45, 2.75) is 20.0 Å². The summed E-state index contributed by atoms with van der Waals surface area (Å²) in [6.07, 6.45) is 1.86. The van der Waals surface area contributed by atoms with Crippen molar-refractivity contribution >= 4 is 17.9 Å². The molecule has 2 aromatic heterocycles. The van der Waals surface area contributed by atoms with Crippen LogP contribution in [0.4, 0.5) is 10.2 Å². The summed E-state index contributed by atoms with van der Waals surface area (Å²) in [4.78, 5) is 12.6. The third kappa shape index (κ3) is 5.24. The minimum atomic E-state index is -0.564. The zero-order chi connectivity index (χ0) is 24.8. The number of rotatable bonds is 9. The standard InChI is InChI=1S/C22H21FN8O4/c1-3-16-19(26-30-31(16)21-20(24)28-35-29-21)22(32)27-25-11-14-6-9-17(18(10-14)33-2)34-12-13-4-7-15(23)8-5-13/h4-11H,3,12H2,1-2H3,(H2,24,28)(H,27,32)/b25-11+. The first-order chi connectivity index (χ1) is 17.0. The van der Waals surface area contributed by atoms with Crippen molar-refractivity contribution < 1.29 is 23.3 Å². The van der Waals surface area contributed by atoms with Gasteiger partial charge in [-0.05, 0) is 58.2 Å². The van der Waals surface area contributed by atoms with E-state index in [9.17, 15) is 9.18 Å². The summed E-state index contributed by atoms with van der Waals surface area (Å²) in [6.45, 7) is 2.07. The Hall–Kier alpha value is -4.81. The topological polar surface area (TPSA) is 156 Å². The van der Waals surface area contributed by atoms with Crippen LogP contribution >= 0.6 is 0 Å². The van der Waals surface area contributed by atoms with E-state index in [1.54, 1.807) is 30.3 Å². The van der Waals surface area contributed by atoms with Crippen molar-refractivity contribution in [3.63, 3.8) is 0 Å². The number of amides is 1. The predicted octanol–water partition coefficient (Wildman–Crippen LogP) is 2.29. The van der Waals surface area contributed by atoms with Gasteiger partial charge in [0.1, 0.15) is 12.4 Å². The van der Waals surface area contributed by atoms with E-state index < -0.39 is 5.91 Å². The summed E-state index contributed by atoms with van der Waals surface area (Å²) in [5.74, 6) is 0.265. The molecule has 0 unspecified atom stereocenters. The largest absolute Gasteiger partial charge is 0.493 e. The summed E-state index contributed by atoms with van der Waals surface area (Å²) < 4.78 is 30.1. The second-order valence-electron chi connectivity index (χ2n) is 7.15. The van der Waals surface area contributed by atoms with Crippen LogP contribution in [0.15, 0.2) is 52.2 Å². The van der Waals surface area contributed by atoms with Crippen LogP contribution < -0.4 is 20.6 Å². The summed E-state index contributed by atoms with van der Waals surface area (Å²) in [6, 6.07) is 11.2. The molecule has 0 saturated heterocycles. The Morgan fingerprint density at radius 2 is 2.03 bits per heavy atom. The molecule has 0 aliphatic carbocycles. The van der Waals surface area contributed by atoms with Crippen LogP contribution in [0.1, 0.15) is 34.2 Å². The van der Waals surface area contributed by atoms with E-state index in [2.05, 4.69) is 35.8 Å². The van der Waals surface area contributed by atoms with Crippen molar-refractivity contribution in [3.8, 4) is 17.3 Å². The number of halogens is 1. The van der Waals surface area contributed by atoms with Crippen LogP contribution in [0.25, 0.3) is 5.82 Å². The van der Waals surface area contributed by atoms with Gasteiger partial charge in [-0.15, -0.1) is 5.10 Å². The molecule has 2 heterocycles. The van der Waals surface area contributed by atoms with Gasteiger partial charge in [-0.1, -0.05) is 24.3 Å². The van der Waals surface area contributed by atoms with Crippen molar-refractivity contribution in [1.82, 2.24) is 30.7 Å². The monoisotopic (exact) mass is 480 g/mol. The van der Waals surface area contributed by atoms with E-state index in [-0.39, 0.29) is 29.8 Å². The molecule has 0 atom stereocenters. The van der Waals surface area contributed by atoms with Gasteiger partial charge in [-0.25, -0.2) is 14.4 Å². The molecule has 4 rings (SSSR count). The van der Waals surface area contributed by atoms with E-state index in [0.717, 1.165) is 5.56 Å². The number of hydrogen-bond donors (Lipinski definition) is 2.